The van der Waals surface area contributed by atoms with E-state index < -0.39 is 11.9 Å². The normalized spacial score (nSPS) is 11.9. The highest BCUT2D eigenvalue weighted by molar-refractivity contribution is 7.98. The predicted molar refractivity (Wildman–Crippen MR) is 65.6 cm³/mol. The van der Waals surface area contributed by atoms with Gasteiger partial charge in [0.25, 0.3) is 0 Å². The zero-order valence-electron chi connectivity index (χ0n) is 9.44. The number of nitrogens with one attached hydrogen (secondary N) is 2. The highest BCUT2D eigenvalue weighted by atomic mass is 32.2. The Hall–Kier alpha value is -1.50. The Kier molecular flexibility index (Phi) is 4.36. The molecule has 0 aliphatic rings. The first-order valence-corrected chi connectivity index (χ1v) is 5.96. The van der Waals surface area contributed by atoms with E-state index in [1.54, 1.807) is 20.0 Å². The number of primary amides is 1. The van der Waals surface area contributed by atoms with Gasteiger partial charge in [-0.15, -0.1) is 0 Å². The van der Waals surface area contributed by atoms with E-state index >= 15 is 0 Å². The number of rotatable bonds is 5. The summed E-state index contributed by atoms with van der Waals surface area (Å²) >= 11 is 1.43. The lowest BCUT2D eigenvalue weighted by atomic mass is 10.3. The van der Waals surface area contributed by atoms with Crippen LogP contribution in [-0.4, -0.2) is 35.2 Å². The van der Waals surface area contributed by atoms with Gasteiger partial charge < -0.3 is 16.4 Å². The van der Waals surface area contributed by atoms with Gasteiger partial charge in [0.1, 0.15) is 17.7 Å². The number of anilines is 2. The number of nitrogens with zero attached hydrogens (tertiary/aromatic N) is 2. The zero-order valence-corrected chi connectivity index (χ0v) is 10.3. The standard InChI is InChI=1S/C9H15N5OS/c1-5(8(10)15)12-7-4-6(11-2)13-9(14-7)16-3/h4-5H,1-3H3,(H2,10,15)(H2,11,12,13,14). The number of carbonyl (C=O) groups excluding carboxylic acids is 1. The molecule has 4 N–H and O–H groups in total. The molecule has 1 rings (SSSR count). The van der Waals surface area contributed by atoms with E-state index in [1.165, 1.54) is 11.8 Å². The summed E-state index contributed by atoms with van der Waals surface area (Å²) in [7, 11) is 1.77. The highest BCUT2D eigenvalue weighted by Gasteiger charge is 2.10. The highest BCUT2D eigenvalue weighted by Crippen LogP contribution is 2.17. The SMILES string of the molecule is CNc1cc(NC(C)C(N)=O)nc(SC)n1. The van der Waals surface area contributed by atoms with Crippen molar-refractivity contribution in [1.29, 1.82) is 0 Å². The molecule has 7 heteroatoms. The van der Waals surface area contributed by atoms with Crippen LogP contribution in [-0.2, 0) is 4.79 Å². The summed E-state index contributed by atoms with van der Waals surface area (Å²) in [5, 5.41) is 6.47. The Labute approximate surface area is 98.4 Å². The molecule has 0 saturated carbocycles. The van der Waals surface area contributed by atoms with Gasteiger partial charge in [0.05, 0.1) is 0 Å². The zero-order chi connectivity index (χ0) is 12.1. The fourth-order valence-electron chi connectivity index (χ4n) is 1.01. The molecule has 0 aromatic carbocycles. The number of carbonyl (C=O) groups is 1. The van der Waals surface area contributed by atoms with E-state index in [2.05, 4.69) is 20.6 Å². The fourth-order valence-corrected chi connectivity index (χ4v) is 1.39. The van der Waals surface area contributed by atoms with Gasteiger partial charge in [-0.3, -0.25) is 4.79 Å². The smallest absolute Gasteiger partial charge is 0.239 e. The second-order valence-corrected chi connectivity index (χ2v) is 3.92. The van der Waals surface area contributed by atoms with Gasteiger partial charge in [0, 0.05) is 13.1 Å². The summed E-state index contributed by atoms with van der Waals surface area (Å²) in [6, 6.07) is 1.26. The molecular weight excluding hydrogens is 226 g/mol. The van der Waals surface area contributed by atoms with Crippen molar-refractivity contribution >= 4 is 29.3 Å². The van der Waals surface area contributed by atoms with Crippen molar-refractivity contribution in [3.8, 4) is 0 Å². The second kappa shape index (κ2) is 5.55. The second-order valence-electron chi connectivity index (χ2n) is 3.14. The Morgan fingerprint density at radius 1 is 1.50 bits per heavy atom. The molecule has 16 heavy (non-hydrogen) atoms. The van der Waals surface area contributed by atoms with Crippen LogP contribution < -0.4 is 16.4 Å². The molecule has 1 unspecified atom stereocenters. The van der Waals surface area contributed by atoms with Crippen LogP contribution in [0.2, 0.25) is 0 Å². The molecule has 6 nitrogen and oxygen atoms in total. The fraction of sp³-hybridized carbons (Fsp3) is 0.444. The van der Waals surface area contributed by atoms with Crippen molar-refractivity contribution in [3.63, 3.8) is 0 Å². The Morgan fingerprint density at radius 3 is 2.62 bits per heavy atom. The van der Waals surface area contributed by atoms with Crippen LogP contribution in [0.4, 0.5) is 11.6 Å². The van der Waals surface area contributed by atoms with Crippen LogP contribution in [0.15, 0.2) is 11.2 Å². The van der Waals surface area contributed by atoms with E-state index in [0.717, 1.165) is 0 Å². The average molecular weight is 241 g/mol. The Balaban J connectivity index is 2.90. The van der Waals surface area contributed by atoms with Gasteiger partial charge in [-0.1, -0.05) is 11.8 Å². The summed E-state index contributed by atoms with van der Waals surface area (Å²) in [6.07, 6.45) is 1.88. The van der Waals surface area contributed by atoms with Crippen LogP contribution in [0.5, 0.6) is 0 Å². The number of thioether (sulfide) groups is 1. The molecule has 1 heterocycles. The van der Waals surface area contributed by atoms with Crippen molar-refractivity contribution in [2.45, 2.75) is 18.1 Å². The quantitative estimate of drug-likeness (QED) is 0.514. The minimum absolute atomic E-state index is 0.421. The molecule has 0 aliphatic heterocycles. The number of amides is 1. The van der Waals surface area contributed by atoms with Crippen molar-refractivity contribution in [1.82, 2.24) is 9.97 Å². The minimum Gasteiger partial charge on any atom is -0.373 e. The molecule has 1 aromatic rings. The largest absolute Gasteiger partial charge is 0.373 e. The van der Waals surface area contributed by atoms with Crippen molar-refractivity contribution < 1.29 is 4.79 Å². The van der Waals surface area contributed by atoms with Gasteiger partial charge in [-0.05, 0) is 13.2 Å². The monoisotopic (exact) mass is 241 g/mol. The Morgan fingerprint density at radius 2 is 2.12 bits per heavy atom. The molecule has 0 spiro atoms. The van der Waals surface area contributed by atoms with E-state index in [9.17, 15) is 4.79 Å². The summed E-state index contributed by atoms with van der Waals surface area (Å²) in [6.45, 7) is 1.68. The third kappa shape index (κ3) is 3.27. The molecule has 0 aliphatic carbocycles. The number of hydrogen-bond acceptors (Lipinski definition) is 6. The molecule has 1 amide bonds. The summed E-state index contributed by atoms with van der Waals surface area (Å²) < 4.78 is 0. The third-order valence-electron chi connectivity index (χ3n) is 1.94. The van der Waals surface area contributed by atoms with E-state index in [0.29, 0.717) is 16.8 Å². The lowest BCUT2D eigenvalue weighted by Crippen LogP contribution is -2.32. The molecule has 0 fully saturated rings. The summed E-state index contributed by atoms with van der Waals surface area (Å²) in [5.41, 5.74) is 5.16. The van der Waals surface area contributed by atoms with Crippen LogP contribution in [0, 0.1) is 0 Å². The molecule has 0 saturated heterocycles. The van der Waals surface area contributed by atoms with Gasteiger partial charge in [0.15, 0.2) is 5.16 Å². The van der Waals surface area contributed by atoms with Crippen molar-refractivity contribution in [2.75, 3.05) is 23.9 Å². The maximum atomic E-state index is 10.9. The first kappa shape index (κ1) is 12.6. The Bertz CT molecular complexity index is 362. The molecule has 0 radical (unpaired) electrons. The molecule has 1 aromatic heterocycles. The number of aromatic nitrogens is 2. The first-order valence-electron chi connectivity index (χ1n) is 4.73. The van der Waals surface area contributed by atoms with Crippen molar-refractivity contribution in [3.05, 3.63) is 6.07 Å². The van der Waals surface area contributed by atoms with E-state index in [-0.39, 0.29) is 0 Å². The summed E-state index contributed by atoms with van der Waals surface area (Å²) in [4.78, 5) is 19.3. The van der Waals surface area contributed by atoms with Gasteiger partial charge in [-0.2, -0.15) is 0 Å². The predicted octanol–water partition coefficient (Wildman–Crippen LogP) is 0.526. The van der Waals surface area contributed by atoms with Gasteiger partial charge >= 0.3 is 0 Å². The molecular formula is C9H15N5OS. The molecule has 88 valence electrons. The summed E-state index contributed by atoms with van der Waals surface area (Å²) in [5.74, 6) is 0.851. The van der Waals surface area contributed by atoms with Crippen LogP contribution >= 0.6 is 11.8 Å². The van der Waals surface area contributed by atoms with E-state index in [4.69, 9.17) is 5.73 Å². The maximum absolute atomic E-state index is 10.9. The number of hydrogen-bond donors (Lipinski definition) is 3. The topological polar surface area (TPSA) is 92.9 Å². The minimum atomic E-state index is -0.464. The third-order valence-corrected chi connectivity index (χ3v) is 2.48. The molecule has 1 atom stereocenters. The number of nitrogens with two attached hydrogens (primary N) is 1. The van der Waals surface area contributed by atoms with Crippen LogP contribution in [0.1, 0.15) is 6.92 Å². The van der Waals surface area contributed by atoms with Crippen molar-refractivity contribution in [2.24, 2.45) is 5.73 Å². The lowest BCUT2D eigenvalue weighted by molar-refractivity contribution is -0.118. The van der Waals surface area contributed by atoms with E-state index in [1.807, 2.05) is 6.26 Å². The lowest BCUT2D eigenvalue weighted by Gasteiger charge is -2.12. The first-order chi connectivity index (χ1) is 7.56. The van der Waals surface area contributed by atoms with Gasteiger partial charge in [0.2, 0.25) is 5.91 Å². The molecule has 0 bridgehead atoms. The maximum Gasteiger partial charge on any atom is 0.239 e. The van der Waals surface area contributed by atoms with Crippen LogP contribution in [0.25, 0.3) is 0 Å². The van der Waals surface area contributed by atoms with Gasteiger partial charge in [-0.25, -0.2) is 9.97 Å². The average Bonchev–Trinajstić information content (AvgIpc) is 2.28. The van der Waals surface area contributed by atoms with Crippen LogP contribution in [0.3, 0.4) is 0 Å².